The van der Waals surface area contributed by atoms with E-state index >= 15 is 0 Å². The monoisotopic (exact) mass is 344 g/mol. The molecular weight excluding hydrogens is 328 g/mol. The quantitative estimate of drug-likeness (QED) is 0.911. The number of nitrogens with one attached hydrogen (secondary N) is 1. The zero-order valence-corrected chi connectivity index (χ0v) is 13.7. The Balaban J connectivity index is 1.54. The Hall–Kier alpha value is -2.60. The number of pyridine rings is 1. The van der Waals surface area contributed by atoms with Gasteiger partial charge in [-0.2, -0.15) is 0 Å². The van der Waals surface area contributed by atoms with Crippen molar-refractivity contribution < 1.29 is 9.59 Å². The summed E-state index contributed by atoms with van der Waals surface area (Å²) in [4.78, 5) is 32.0. The molecule has 3 amide bonds. The fourth-order valence-corrected chi connectivity index (χ4v) is 2.65. The lowest BCUT2D eigenvalue weighted by Gasteiger charge is -2.34. The minimum Gasteiger partial charge on any atom is -0.335 e. The van der Waals surface area contributed by atoms with Gasteiger partial charge in [0.2, 0.25) is 0 Å². The molecule has 2 aromatic rings. The van der Waals surface area contributed by atoms with Crippen LogP contribution in [0.4, 0.5) is 10.5 Å². The Kier molecular flexibility index (Phi) is 4.96. The molecule has 124 valence electrons. The van der Waals surface area contributed by atoms with Crippen molar-refractivity contribution in [3.63, 3.8) is 0 Å². The van der Waals surface area contributed by atoms with E-state index in [4.69, 9.17) is 11.6 Å². The third kappa shape index (κ3) is 3.83. The molecule has 1 aromatic heterocycles. The van der Waals surface area contributed by atoms with Gasteiger partial charge in [0.25, 0.3) is 5.91 Å². The average molecular weight is 345 g/mol. The van der Waals surface area contributed by atoms with Crippen molar-refractivity contribution in [3.05, 3.63) is 59.4 Å². The molecule has 1 aromatic carbocycles. The summed E-state index contributed by atoms with van der Waals surface area (Å²) in [7, 11) is 0. The zero-order chi connectivity index (χ0) is 16.9. The number of hydrogen-bond acceptors (Lipinski definition) is 3. The van der Waals surface area contributed by atoms with E-state index < -0.39 is 0 Å². The first-order valence-corrected chi connectivity index (χ1v) is 8.02. The molecule has 1 fully saturated rings. The number of aromatic nitrogens is 1. The van der Waals surface area contributed by atoms with Crippen LogP contribution in [0.5, 0.6) is 0 Å². The second-order valence-corrected chi connectivity index (χ2v) is 5.89. The maximum atomic E-state index is 12.4. The third-order valence-corrected chi connectivity index (χ3v) is 4.13. The van der Waals surface area contributed by atoms with Gasteiger partial charge in [-0.25, -0.2) is 4.79 Å². The number of carbonyl (C=O) groups is 2. The van der Waals surface area contributed by atoms with Gasteiger partial charge in [0.15, 0.2) is 0 Å². The number of anilines is 1. The first kappa shape index (κ1) is 16.3. The standard InChI is InChI=1S/C17H17ClN4O2/c18-14-1-3-15(4-2-14)20-17(24)22-11-9-21(10-12-22)16(23)13-5-7-19-8-6-13/h1-8H,9-12H2,(H,20,24). The molecule has 1 aliphatic heterocycles. The normalized spacial score (nSPS) is 14.4. The summed E-state index contributed by atoms with van der Waals surface area (Å²) in [5.41, 5.74) is 1.31. The minimum atomic E-state index is -0.173. The van der Waals surface area contributed by atoms with Crippen molar-refractivity contribution in [2.45, 2.75) is 0 Å². The van der Waals surface area contributed by atoms with Gasteiger partial charge in [-0.3, -0.25) is 9.78 Å². The fraction of sp³-hybridized carbons (Fsp3) is 0.235. The number of halogens is 1. The van der Waals surface area contributed by atoms with Crippen LogP contribution in [-0.4, -0.2) is 52.9 Å². The number of nitrogens with zero attached hydrogens (tertiary/aromatic N) is 3. The van der Waals surface area contributed by atoms with E-state index in [1.54, 1.807) is 58.6 Å². The van der Waals surface area contributed by atoms with Gasteiger partial charge < -0.3 is 15.1 Å². The summed E-state index contributed by atoms with van der Waals surface area (Å²) in [6.45, 7) is 2.01. The zero-order valence-electron chi connectivity index (χ0n) is 13.0. The molecule has 0 spiro atoms. The molecule has 0 radical (unpaired) electrons. The second-order valence-electron chi connectivity index (χ2n) is 5.45. The smallest absolute Gasteiger partial charge is 0.321 e. The van der Waals surface area contributed by atoms with E-state index in [2.05, 4.69) is 10.3 Å². The maximum absolute atomic E-state index is 12.4. The summed E-state index contributed by atoms with van der Waals surface area (Å²) in [6, 6.07) is 10.2. The number of amides is 3. The molecule has 0 aliphatic carbocycles. The van der Waals surface area contributed by atoms with E-state index in [-0.39, 0.29) is 11.9 Å². The van der Waals surface area contributed by atoms with Crippen molar-refractivity contribution in [2.75, 3.05) is 31.5 Å². The fourth-order valence-electron chi connectivity index (χ4n) is 2.53. The van der Waals surface area contributed by atoms with Crippen LogP contribution in [0, 0.1) is 0 Å². The van der Waals surface area contributed by atoms with Crippen molar-refractivity contribution in [1.29, 1.82) is 0 Å². The van der Waals surface area contributed by atoms with Crippen LogP contribution in [0.25, 0.3) is 0 Å². The summed E-state index contributed by atoms with van der Waals surface area (Å²) in [6.07, 6.45) is 3.20. The lowest BCUT2D eigenvalue weighted by molar-refractivity contribution is 0.0671. The van der Waals surface area contributed by atoms with E-state index in [0.717, 1.165) is 0 Å². The Bertz CT molecular complexity index is 713. The lowest BCUT2D eigenvalue weighted by atomic mass is 10.2. The van der Waals surface area contributed by atoms with Gasteiger partial charge >= 0.3 is 6.03 Å². The summed E-state index contributed by atoms with van der Waals surface area (Å²) in [5.74, 6) is -0.0323. The molecule has 0 saturated carbocycles. The molecule has 0 bridgehead atoms. The Morgan fingerprint density at radius 3 is 2.12 bits per heavy atom. The summed E-state index contributed by atoms with van der Waals surface area (Å²) >= 11 is 5.83. The maximum Gasteiger partial charge on any atom is 0.321 e. The molecule has 24 heavy (non-hydrogen) atoms. The van der Waals surface area contributed by atoms with Crippen LogP contribution in [-0.2, 0) is 0 Å². The van der Waals surface area contributed by atoms with E-state index in [1.807, 2.05) is 0 Å². The molecule has 0 atom stereocenters. The van der Waals surface area contributed by atoms with Crippen LogP contribution in [0.3, 0.4) is 0 Å². The van der Waals surface area contributed by atoms with E-state index in [9.17, 15) is 9.59 Å². The van der Waals surface area contributed by atoms with Crippen LogP contribution >= 0.6 is 11.6 Å². The number of carbonyl (C=O) groups excluding carboxylic acids is 2. The highest BCUT2D eigenvalue weighted by Crippen LogP contribution is 2.15. The highest BCUT2D eigenvalue weighted by atomic mass is 35.5. The number of piperazine rings is 1. The van der Waals surface area contributed by atoms with Crippen molar-refractivity contribution in [3.8, 4) is 0 Å². The van der Waals surface area contributed by atoms with Crippen molar-refractivity contribution in [1.82, 2.24) is 14.8 Å². The van der Waals surface area contributed by atoms with Crippen LogP contribution in [0.1, 0.15) is 10.4 Å². The molecule has 1 aliphatic rings. The molecule has 1 saturated heterocycles. The Labute approximate surface area is 145 Å². The molecule has 7 heteroatoms. The average Bonchev–Trinajstić information content (AvgIpc) is 2.64. The molecule has 6 nitrogen and oxygen atoms in total. The summed E-state index contributed by atoms with van der Waals surface area (Å²) in [5, 5.41) is 3.45. The number of rotatable bonds is 2. The Morgan fingerprint density at radius 2 is 1.50 bits per heavy atom. The minimum absolute atomic E-state index is 0.0323. The van der Waals surface area contributed by atoms with Gasteiger partial charge in [-0.05, 0) is 36.4 Å². The van der Waals surface area contributed by atoms with Crippen molar-refractivity contribution in [2.24, 2.45) is 0 Å². The van der Waals surface area contributed by atoms with Crippen molar-refractivity contribution >= 4 is 29.2 Å². The largest absolute Gasteiger partial charge is 0.335 e. The topological polar surface area (TPSA) is 65.5 Å². The number of hydrogen-bond donors (Lipinski definition) is 1. The molecule has 3 rings (SSSR count). The SMILES string of the molecule is O=C(Nc1ccc(Cl)cc1)N1CCN(C(=O)c2ccncc2)CC1. The number of urea groups is 1. The molecular formula is C17H17ClN4O2. The predicted octanol–water partition coefficient (Wildman–Crippen LogP) is 2.72. The van der Waals surface area contributed by atoms with E-state index in [0.29, 0.717) is 42.5 Å². The molecule has 0 unspecified atom stereocenters. The number of benzene rings is 1. The summed E-state index contributed by atoms with van der Waals surface area (Å²) < 4.78 is 0. The van der Waals surface area contributed by atoms with Gasteiger partial charge in [0.05, 0.1) is 0 Å². The Morgan fingerprint density at radius 1 is 0.917 bits per heavy atom. The first-order valence-electron chi connectivity index (χ1n) is 7.64. The van der Waals surface area contributed by atoms with Gasteiger partial charge in [-0.1, -0.05) is 11.6 Å². The highest BCUT2D eigenvalue weighted by molar-refractivity contribution is 6.30. The second kappa shape index (κ2) is 7.31. The molecule has 1 N–H and O–H groups in total. The van der Waals surface area contributed by atoms with Gasteiger partial charge in [0.1, 0.15) is 0 Å². The van der Waals surface area contributed by atoms with Gasteiger partial charge in [-0.15, -0.1) is 0 Å². The van der Waals surface area contributed by atoms with Crippen LogP contribution < -0.4 is 5.32 Å². The lowest BCUT2D eigenvalue weighted by Crippen LogP contribution is -2.51. The van der Waals surface area contributed by atoms with Crippen LogP contribution in [0.15, 0.2) is 48.8 Å². The first-order chi connectivity index (χ1) is 11.6. The third-order valence-electron chi connectivity index (χ3n) is 3.88. The van der Waals surface area contributed by atoms with Crippen LogP contribution in [0.2, 0.25) is 5.02 Å². The highest BCUT2D eigenvalue weighted by Gasteiger charge is 2.24. The molecule has 2 heterocycles. The predicted molar refractivity (Wildman–Crippen MR) is 92.2 cm³/mol. The van der Waals surface area contributed by atoms with E-state index in [1.165, 1.54) is 0 Å². The van der Waals surface area contributed by atoms with Gasteiger partial charge in [0, 0.05) is 54.8 Å².